The maximum atomic E-state index is 13.1. The van der Waals surface area contributed by atoms with Crippen LogP contribution in [0.5, 0.6) is 5.75 Å². The van der Waals surface area contributed by atoms with E-state index in [0.29, 0.717) is 29.1 Å². The lowest BCUT2D eigenvalue weighted by molar-refractivity contribution is 0.195. The van der Waals surface area contributed by atoms with Gasteiger partial charge >= 0.3 is 11.7 Å². The molecule has 3 aromatic rings. The molecule has 9 nitrogen and oxygen atoms in total. The minimum atomic E-state index is -1.10. The van der Waals surface area contributed by atoms with Crippen molar-refractivity contribution in [3.05, 3.63) is 53.0 Å². The zero-order chi connectivity index (χ0) is 27.8. The lowest BCUT2D eigenvalue weighted by atomic mass is 10.0. The van der Waals surface area contributed by atoms with Gasteiger partial charge in [0.05, 0.1) is 23.7 Å². The summed E-state index contributed by atoms with van der Waals surface area (Å²) in [5, 5.41) is 23.5. The Kier molecular flexibility index (Phi) is 8.77. The number of halogens is 2. The zero-order valence-corrected chi connectivity index (χ0v) is 26.2. The molecule has 2 aromatic carbocycles. The fourth-order valence-corrected chi connectivity index (χ4v) is 6.92. The van der Waals surface area contributed by atoms with Crippen LogP contribution in [-0.4, -0.2) is 57.4 Å². The molecule has 38 heavy (non-hydrogen) atoms. The van der Waals surface area contributed by atoms with Crippen LogP contribution in [0, 0.1) is 14.1 Å². The maximum Gasteiger partial charge on any atom is 0.412 e. The number of phenols is 1. The molecule has 1 aliphatic heterocycles. The van der Waals surface area contributed by atoms with Crippen LogP contribution in [0.25, 0.3) is 10.9 Å². The molecule has 0 saturated carbocycles. The second-order valence-corrected chi connectivity index (χ2v) is 12.9. The van der Waals surface area contributed by atoms with Gasteiger partial charge in [0.15, 0.2) is 0 Å². The first-order valence-electron chi connectivity index (χ1n) is 12.5. The Morgan fingerprint density at radius 1 is 1.21 bits per heavy atom. The number of aromatic hydroxyl groups is 1. The molecule has 1 fully saturated rings. The predicted molar refractivity (Wildman–Crippen MR) is 166 cm³/mol. The van der Waals surface area contributed by atoms with Crippen LogP contribution < -0.4 is 15.8 Å². The monoisotopic (exact) mass is 746 g/mol. The number of phenolic OH excluding ortho intramolecular Hbond substituents is 1. The van der Waals surface area contributed by atoms with Gasteiger partial charge in [0, 0.05) is 18.1 Å². The molecular weight excluding hydrogens is 714 g/mol. The minimum absolute atomic E-state index is 0.139. The number of amides is 1. The lowest BCUT2D eigenvalue weighted by Gasteiger charge is -2.34. The first-order chi connectivity index (χ1) is 17.9. The smallest absolute Gasteiger partial charge is 0.412 e. The van der Waals surface area contributed by atoms with Crippen LogP contribution in [-0.2, 0) is 6.42 Å². The van der Waals surface area contributed by atoms with Crippen molar-refractivity contribution in [1.82, 2.24) is 9.88 Å². The summed E-state index contributed by atoms with van der Waals surface area (Å²) in [6.07, 6.45) is 1.97. The number of nitrogens with zero attached hydrogens (tertiary/aromatic N) is 3. The van der Waals surface area contributed by atoms with Gasteiger partial charge < -0.3 is 19.9 Å². The number of anilines is 2. The molecule has 4 rings (SSSR count). The fraction of sp³-hybridized carbons (Fsp3) is 0.444. The van der Waals surface area contributed by atoms with Crippen molar-refractivity contribution in [1.29, 1.82) is 0 Å². The number of benzene rings is 2. The van der Waals surface area contributed by atoms with Crippen molar-refractivity contribution in [2.75, 3.05) is 29.9 Å². The quantitative estimate of drug-likeness (QED) is 0.260. The van der Waals surface area contributed by atoms with E-state index in [1.165, 1.54) is 4.90 Å². The highest BCUT2D eigenvalue weighted by Gasteiger charge is 2.30. The summed E-state index contributed by atoms with van der Waals surface area (Å²) in [4.78, 5) is 33.3. The van der Waals surface area contributed by atoms with E-state index in [0.717, 1.165) is 45.1 Å². The zero-order valence-electron chi connectivity index (χ0n) is 21.8. The third-order valence-electron chi connectivity index (χ3n) is 6.83. The van der Waals surface area contributed by atoms with Crippen molar-refractivity contribution in [3.63, 3.8) is 0 Å². The first-order valence-corrected chi connectivity index (χ1v) is 14.6. The Bertz CT molecular complexity index is 1390. The number of rotatable bonds is 7. The molecule has 3 N–H and O–H groups in total. The molecule has 11 heteroatoms. The summed E-state index contributed by atoms with van der Waals surface area (Å²) >= 11 is 4.30. The number of hydrogen-bond donors (Lipinski definition) is 3. The Morgan fingerprint density at radius 2 is 1.84 bits per heavy atom. The van der Waals surface area contributed by atoms with E-state index in [2.05, 4.69) is 60.4 Å². The third kappa shape index (κ3) is 6.19. The van der Waals surface area contributed by atoms with Gasteiger partial charge in [0.1, 0.15) is 5.75 Å². The standard InChI is InChI=1S/C27H32I2N4O5/c1-15-21(33(26(36)37)27(2,3)4)8-7-20-22(15)24(35)38-25(31-20)30-14-17(32-9-5-6-10-32)11-16-12-18(28)23(34)19(29)13-16/h7-8,12-13,17,34H,5-6,9-11,14H2,1-4H3,(H,30,31)(H,36,37). The SMILES string of the molecule is Cc1c(N(C(=O)O)C(C)(C)C)ccc2nc(NCC(Cc3cc(I)c(O)c(I)c3)N3CCCC3)oc(=O)c12. The third-order valence-corrected chi connectivity index (χ3v) is 8.47. The van der Waals surface area contributed by atoms with E-state index in [1.54, 1.807) is 39.8 Å². The van der Waals surface area contributed by atoms with Crippen molar-refractivity contribution in [3.8, 4) is 5.75 Å². The first kappa shape index (κ1) is 28.9. The Morgan fingerprint density at radius 3 is 2.42 bits per heavy atom. The highest BCUT2D eigenvalue weighted by Crippen LogP contribution is 2.32. The van der Waals surface area contributed by atoms with Crippen molar-refractivity contribution < 1.29 is 19.4 Å². The van der Waals surface area contributed by atoms with E-state index in [4.69, 9.17) is 4.42 Å². The summed E-state index contributed by atoms with van der Waals surface area (Å²) < 4.78 is 7.22. The second kappa shape index (κ2) is 11.5. The van der Waals surface area contributed by atoms with Gasteiger partial charge in [-0.2, -0.15) is 4.98 Å². The predicted octanol–water partition coefficient (Wildman–Crippen LogP) is 5.81. The summed E-state index contributed by atoms with van der Waals surface area (Å²) in [5.41, 5.74) is 1.27. The molecular formula is C27H32I2N4O5. The maximum absolute atomic E-state index is 13.1. The number of hydrogen-bond acceptors (Lipinski definition) is 7. The number of carboxylic acid groups (broad SMARTS) is 1. The van der Waals surface area contributed by atoms with Gasteiger partial charge in [0.25, 0.3) is 6.01 Å². The highest BCUT2D eigenvalue weighted by atomic mass is 127. The molecule has 1 atom stereocenters. The van der Waals surface area contributed by atoms with E-state index < -0.39 is 17.3 Å². The number of carbonyl (C=O) groups is 1. The topological polar surface area (TPSA) is 119 Å². The summed E-state index contributed by atoms with van der Waals surface area (Å²) in [5.74, 6) is 0.306. The highest BCUT2D eigenvalue weighted by molar-refractivity contribution is 14.1. The van der Waals surface area contributed by atoms with Crippen LogP contribution >= 0.6 is 45.2 Å². The van der Waals surface area contributed by atoms with Crippen molar-refractivity contribution in [2.24, 2.45) is 0 Å². The molecule has 1 aliphatic rings. The number of aryl methyl sites for hydroxylation is 1. The van der Waals surface area contributed by atoms with Gasteiger partial charge in [-0.3, -0.25) is 9.80 Å². The molecule has 0 radical (unpaired) electrons. The molecule has 0 spiro atoms. The largest absolute Gasteiger partial charge is 0.506 e. The molecule has 1 saturated heterocycles. The molecule has 1 amide bonds. The summed E-state index contributed by atoms with van der Waals surface area (Å²) in [6, 6.07) is 7.66. The molecule has 0 aliphatic carbocycles. The van der Waals surface area contributed by atoms with Gasteiger partial charge in [0.2, 0.25) is 0 Å². The van der Waals surface area contributed by atoms with E-state index in [-0.39, 0.29) is 17.4 Å². The lowest BCUT2D eigenvalue weighted by Crippen LogP contribution is -2.45. The van der Waals surface area contributed by atoms with Crippen molar-refractivity contribution >= 4 is 73.9 Å². The molecule has 1 unspecified atom stereocenters. The Labute approximate surface area is 248 Å². The van der Waals surface area contributed by atoms with E-state index in [9.17, 15) is 19.8 Å². The average molecular weight is 746 g/mol. The molecule has 2 heterocycles. The molecule has 204 valence electrons. The number of aromatic nitrogens is 1. The van der Waals surface area contributed by atoms with E-state index >= 15 is 0 Å². The summed E-state index contributed by atoms with van der Waals surface area (Å²) in [6.45, 7) is 9.66. The van der Waals surface area contributed by atoms with Crippen molar-refractivity contribution in [2.45, 2.75) is 58.5 Å². The van der Waals surface area contributed by atoms with Crippen LogP contribution in [0.3, 0.4) is 0 Å². The Hall–Kier alpha value is -2.13. The molecule has 1 aromatic heterocycles. The second-order valence-electron chi connectivity index (χ2n) is 10.6. The van der Waals surface area contributed by atoms with Gasteiger partial charge in [-0.1, -0.05) is 0 Å². The van der Waals surface area contributed by atoms with Gasteiger partial charge in [-0.15, -0.1) is 0 Å². The minimum Gasteiger partial charge on any atom is -0.506 e. The van der Waals surface area contributed by atoms with Crippen LogP contribution in [0.4, 0.5) is 16.5 Å². The number of likely N-dealkylation sites (tertiary alicyclic amines) is 1. The summed E-state index contributed by atoms with van der Waals surface area (Å²) in [7, 11) is 0. The number of nitrogens with one attached hydrogen (secondary N) is 1. The molecule has 0 bridgehead atoms. The normalized spacial score (nSPS) is 15.1. The van der Waals surface area contributed by atoms with Crippen LogP contribution in [0.1, 0.15) is 44.7 Å². The van der Waals surface area contributed by atoms with Crippen LogP contribution in [0.15, 0.2) is 33.5 Å². The van der Waals surface area contributed by atoms with E-state index in [1.807, 2.05) is 12.1 Å². The van der Waals surface area contributed by atoms with Crippen LogP contribution in [0.2, 0.25) is 0 Å². The average Bonchev–Trinajstić information content (AvgIpc) is 3.35. The Balaban J connectivity index is 1.61. The fourth-order valence-electron chi connectivity index (χ4n) is 5.03. The number of fused-ring (bicyclic) bond motifs is 1. The van der Waals surface area contributed by atoms with Gasteiger partial charge in [-0.25, -0.2) is 9.59 Å². The van der Waals surface area contributed by atoms with Gasteiger partial charge in [-0.05, 0) is 141 Å².